The van der Waals surface area contributed by atoms with Crippen LogP contribution >= 0.6 is 11.3 Å². The van der Waals surface area contributed by atoms with Crippen LogP contribution in [0.2, 0.25) is 0 Å². The molecule has 4 heterocycles. The summed E-state index contributed by atoms with van der Waals surface area (Å²) >= 11 is 1.28. The highest BCUT2D eigenvalue weighted by molar-refractivity contribution is 7.21. The van der Waals surface area contributed by atoms with Crippen molar-refractivity contribution < 1.29 is 9.90 Å². The van der Waals surface area contributed by atoms with Crippen molar-refractivity contribution in [2.45, 2.75) is 44.8 Å². The lowest BCUT2D eigenvalue weighted by atomic mass is 10.0. The predicted octanol–water partition coefficient (Wildman–Crippen LogP) is 4.28. The second kappa shape index (κ2) is 11.5. The van der Waals surface area contributed by atoms with Gasteiger partial charge < -0.3 is 26.8 Å². The monoisotopic (exact) mass is 530 g/mol. The molecule has 0 aliphatic carbocycles. The van der Waals surface area contributed by atoms with Crippen LogP contribution in [0.15, 0.2) is 54.9 Å². The first-order chi connectivity index (χ1) is 18.4. The maximum absolute atomic E-state index is 11.8. The van der Waals surface area contributed by atoms with Gasteiger partial charge in [-0.25, -0.2) is 4.98 Å². The zero-order valence-electron chi connectivity index (χ0n) is 21.6. The molecule has 1 atom stereocenters. The molecule has 1 fully saturated rings. The van der Waals surface area contributed by atoms with Crippen molar-refractivity contribution in [1.82, 2.24) is 15.3 Å². The lowest BCUT2D eigenvalue weighted by Crippen LogP contribution is -2.44. The molecule has 0 radical (unpaired) electrons. The van der Waals surface area contributed by atoms with Gasteiger partial charge >= 0.3 is 0 Å². The third-order valence-electron chi connectivity index (χ3n) is 7.24. The van der Waals surface area contributed by atoms with E-state index in [4.69, 9.17) is 16.5 Å². The van der Waals surface area contributed by atoms with Gasteiger partial charge in [0.05, 0.1) is 11.8 Å². The highest BCUT2D eigenvalue weighted by Crippen LogP contribution is 2.37. The molecule has 0 spiro atoms. The van der Waals surface area contributed by atoms with E-state index in [2.05, 4.69) is 28.2 Å². The van der Waals surface area contributed by atoms with Gasteiger partial charge in [0, 0.05) is 43.5 Å². The van der Waals surface area contributed by atoms with Crippen LogP contribution in [0.4, 0.5) is 11.5 Å². The minimum atomic E-state index is -0.566. The molecule has 1 amide bonds. The third-order valence-corrected chi connectivity index (χ3v) is 8.35. The van der Waals surface area contributed by atoms with Gasteiger partial charge in [-0.15, -0.1) is 11.3 Å². The highest BCUT2D eigenvalue weighted by Gasteiger charge is 2.24. The number of fused-ring (bicyclic) bond motifs is 1. The Morgan fingerprint density at radius 3 is 2.50 bits per heavy atom. The summed E-state index contributed by atoms with van der Waals surface area (Å²) in [6, 6.07) is 14.5. The SMILES string of the molecule is CCCc1cc(N2CCC(NCC(O)c3ccc(-c4ccncc4)cc3)CC2)nc2sc(C(N)=O)c(N)c12. The molecule has 5 rings (SSSR count). The normalized spacial score (nSPS) is 15.2. The van der Waals surface area contributed by atoms with Gasteiger partial charge in [0.15, 0.2) is 0 Å². The molecular weight excluding hydrogens is 496 g/mol. The van der Waals surface area contributed by atoms with E-state index in [1.54, 1.807) is 12.4 Å². The summed E-state index contributed by atoms with van der Waals surface area (Å²) in [7, 11) is 0. The fourth-order valence-corrected chi connectivity index (χ4v) is 6.14. The van der Waals surface area contributed by atoms with Crippen molar-refractivity contribution in [1.29, 1.82) is 0 Å². The molecule has 1 saturated heterocycles. The highest BCUT2D eigenvalue weighted by atomic mass is 32.1. The average molecular weight is 531 g/mol. The van der Waals surface area contributed by atoms with Gasteiger partial charge in [-0.1, -0.05) is 37.6 Å². The van der Waals surface area contributed by atoms with Gasteiger partial charge in [0.25, 0.3) is 5.91 Å². The first-order valence-corrected chi connectivity index (χ1v) is 13.9. The number of hydrogen-bond acceptors (Lipinski definition) is 8. The number of nitrogens with two attached hydrogens (primary N) is 2. The van der Waals surface area contributed by atoms with Crippen LogP contribution in [0.5, 0.6) is 0 Å². The molecule has 1 aromatic carbocycles. The van der Waals surface area contributed by atoms with Crippen molar-refractivity contribution in [2.75, 3.05) is 30.3 Å². The number of nitrogen functional groups attached to an aromatic ring is 1. The maximum Gasteiger partial charge on any atom is 0.260 e. The van der Waals surface area contributed by atoms with Gasteiger partial charge in [0.1, 0.15) is 15.5 Å². The third kappa shape index (κ3) is 5.50. The number of aliphatic hydroxyl groups excluding tert-OH is 1. The van der Waals surface area contributed by atoms with Crippen LogP contribution in [-0.4, -0.2) is 46.7 Å². The summed E-state index contributed by atoms with van der Waals surface area (Å²) in [6.07, 6.45) is 6.74. The zero-order valence-corrected chi connectivity index (χ0v) is 22.4. The Morgan fingerprint density at radius 1 is 1.16 bits per heavy atom. The number of benzene rings is 1. The van der Waals surface area contributed by atoms with Gasteiger partial charge in [0.2, 0.25) is 0 Å². The Bertz CT molecular complexity index is 1400. The minimum absolute atomic E-state index is 0.328. The Labute approximate surface area is 226 Å². The lowest BCUT2D eigenvalue weighted by Gasteiger charge is -2.34. The minimum Gasteiger partial charge on any atom is -0.397 e. The number of primary amides is 1. The second-order valence-electron chi connectivity index (χ2n) is 9.82. The molecule has 3 aromatic heterocycles. The van der Waals surface area contributed by atoms with E-state index in [-0.39, 0.29) is 0 Å². The molecular formula is C29H34N6O2S. The number of thiophene rings is 1. The fourth-order valence-electron chi connectivity index (χ4n) is 5.15. The lowest BCUT2D eigenvalue weighted by molar-refractivity contribution is 0.100. The van der Waals surface area contributed by atoms with E-state index in [0.717, 1.165) is 77.1 Å². The number of amides is 1. The van der Waals surface area contributed by atoms with E-state index >= 15 is 0 Å². The van der Waals surface area contributed by atoms with Crippen LogP contribution in [0.1, 0.15) is 53.1 Å². The fraction of sp³-hybridized carbons (Fsp3) is 0.345. The Balaban J connectivity index is 1.19. The van der Waals surface area contributed by atoms with Gasteiger partial charge in [-0.2, -0.15) is 0 Å². The van der Waals surface area contributed by atoms with Crippen molar-refractivity contribution in [3.63, 3.8) is 0 Å². The Hall–Kier alpha value is -3.53. The maximum atomic E-state index is 11.8. The van der Waals surface area contributed by atoms with E-state index in [1.165, 1.54) is 11.3 Å². The molecule has 1 aliphatic heterocycles. The number of piperidine rings is 1. The number of nitrogens with zero attached hydrogens (tertiary/aromatic N) is 3. The van der Waals surface area contributed by atoms with E-state index < -0.39 is 12.0 Å². The standard InChI is InChI=1S/C29H34N6O2S/c1-2-3-21-16-24(34-29-25(21)26(30)27(38-29)28(31)37)35-14-10-22(11-15-35)33-17-23(36)20-6-4-18(5-7-20)19-8-12-32-13-9-19/h4-9,12-13,16,22-23,33,36H,2-3,10-11,14-15,17,30H2,1H3,(H2,31,37). The van der Waals surface area contributed by atoms with Crippen LogP contribution in [-0.2, 0) is 6.42 Å². The number of carbonyl (C=O) groups excluding carboxylic acids is 1. The predicted molar refractivity (Wildman–Crippen MR) is 154 cm³/mol. The van der Waals surface area contributed by atoms with Crippen LogP contribution in [0.3, 0.4) is 0 Å². The molecule has 6 N–H and O–H groups in total. The number of hydrogen-bond donors (Lipinski definition) is 4. The van der Waals surface area contributed by atoms with Crippen LogP contribution in [0, 0.1) is 0 Å². The number of pyridine rings is 2. The molecule has 198 valence electrons. The average Bonchev–Trinajstić information content (AvgIpc) is 3.29. The second-order valence-corrected chi connectivity index (χ2v) is 10.8. The molecule has 8 nitrogen and oxygen atoms in total. The van der Waals surface area contributed by atoms with Gasteiger partial charge in [-0.3, -0.25) is 9.78 Å². The molecule has 0 saturated carbocycles. The quantitative estimate of drug-likeness (QED) is 0.254. The number of aromatic nitrogens is 2. The first-order valence-electron chi connectivity index (χ1n) is 13.1. The first kappa shape index (κ1) is 26.1. The molecule has 1 unspecified atom stereocenters. The van der Waals surface area contributed by atoms with Crippen LogP contribution in [0.25, 0.3) is 21.3 Å². The van der Waals surface area contributed by atoms with E-state index in [1.807, 2.05) is 36.4 Å². The topological polar surface area (TPSA) is 130 Å². The zero-order chi connectivity index (χ0) is 26.6. The molecule has 9 heteroatoms. The summed E-state index contributed by atoms with van der Waals surface area (Å²) < 4.78 is 0. The summed E-state index contributed by atoms with van der Waals surface area (Å²) in [6.45, 7) is 4.36. The summed E-state index contributed by atoms with van der Waals surface area (Å²) in [5.41, 5.74) is 16.5. The molecule has 4 aromatic rings. The number of nitrogens with one attached hydrogen (secondary N) is 1. The van der Waals surface area contributed by atoms with Crippen molar-refractivity contribution in [2.24, 2.45) is 5.73 Å². The number of rotatable bonds is 9. The number of anilines is 2. The summed E-state index contributed by atoms with van der Waals surface area (Å²) in [5, 5.41) is 15.2. The number of aryl methyl sites for hydroxylation is 1. The van der Waals surface area contributed by atoms with Crippen LogP contribution < -0.4 is 21.7 Å². The van der Waals surface area contributed by atoms with Crippen molar-refractivity contribution >= 4 is 39.0 Å². The molecule has 0 bridgehead atoms. The van der Waals surface area contributed by atoms with E-state index in [0.29, 0.717) is 23.2 Å². The van der Waals surface area contributed by atoms with Crippen molar-refractivity contribution in [3.05, 3.63) is 70.9 Å². The molecule has 1 aliphatic rings. The summed E-state index contributed by atoms with van der Waals surface area (Å²) in [4.78, 5) is 24.2. The Kier molecular flexibility index (Phi) is 7.87. The van der Waals surface area contributed by atoms with Crippen molar-refractivity contribution in [3.8, 4) is 11.1 Å². The number of carbonyl (C=O) groups is 1. The largest absolute Gasteiger partial charge is 0.397 e. The number of aliphatic hydroxyl groups is 1. The molecule has 38 heavy (non-hydrogen) atoms. The smallest absolute Gasteiger partial charge is 0.260 e. The van der Waals surface area contributed by atoms with E-state index in [9.17, 15) is 9.90 Å². The Morgan fingerprint density at radius 2 is 1.84 bits per heavy atom. The van der Waals surface area contributed by atoms with Gasteiger partial charge in [-0.05, 0) is 59.7 Å². The summed E-state index contributed by atoms with van der Waals surface area (Å²) in [5.74, 6) is 0.416.